The average molecular weight is 372 g/mol. The highest BCUT2D eigenvalue weighted by atomic mass is 16.2. The topological polar surface area (TPSA) is 73.0 Å². The van der Waals surface area contributed by atoms with Crippen LogP contribution in [0.25, 0.3) is 0 Å². The third kappa shape index (κ3) is 4.86. The van der Waals surface area contributed by atoms with Crippen molar-refractivity contribution in [1.82, 2.24) is 14.7 Å². The van der Waals surface area contributed by atoms with Gasteiger partial charge in [0.15, 0.2) is 0 Å². The van der Waals surface area contributed by atoms with Gasteiger partial charge in [0.25, 0.3) is 0 Å². The number of anilines is 1. The molecule has 0 unspecified atom stereocenters. The van der Waals surface area contributed by atoms with Gasteiger partial charge in [-0.15, -0.1) is 0 Å². The van der Waals surface area contributed by atoms with Crippen molar-refractivity contribution in [1.29, 1.82) is 0 Å². The molecule has 146 valence electrons. The molecule has 0 atom stereocenters. The lowest BCUT2D eigenvalue weighted by atomic mass is 10.1. The fourth-order valence-electron chi connectivity index (χ4n) is 3.68. The zero-order valence-corrected chi connectivity index (χ0v) is 16.2. The van der Waals surface area contributed by atoms with E-state index in [2.05, 4.69) is 10.2 Å². The number of rotatable bonds is 5. The number of hydrogen-bond acceptors (Lipinski definition) is 4. The monoisotopic (exact) mass is 372 g/mol. The van der Waals surface area contributed by atoms with Crippen LogP contribution in [-0.2, 0) is 14.4 Å². The van der Waals surface area contributed by atoms with E-state index in [0.717, 1.165) is 23.2 Å². The van der Waals surface area contributed by atoms with Crippen LogP contribution in [-0.4, -0.2) is 78.2 Å². The van der Waals surface area contributed by atoms with Crippen LogP contribution in [0, 0.1) is 13.8 Å². The highest BCUT2D eigenvalue weighted by molar-refractivity contribution is 5.93. The number of nitrogens with one attached hydrogen (secondary N) is 1. The highest BCUT2D eigenvalue weighted by Gasteiger charge is 2.27. The number of likely N-dealkylation sites (tertiary alicyclic amines) is 1. The molecule has 2 heterocycles. The summed E-state index contributed by atoms with van der Waals surface area (Å²) in [6.07, 6.45) is 1.39. The fourth-order valence-corrected chi connectivity index (χ4v) is 3.68. The third-order valence-corrected chi connectivity index (χ3v) is 5.34. The lowest BCUT2D eigenvalue weighted by molar-refractivity contribution is -0.139. The van der Waals surface area contributed by atoms with E-state index in [9.17, 15) is 14.4 Å². The van der Waals surface area contributed by atoms with E-state index in [0.29, 0.717) is 45.7 Å². The maximum Gasteiger partial charge on any atom is 0.242 e. The van der Waals surface area contributed by atoms with Gasteiger partial charge >= 0.3 is 0 Å². The molecule has 2 aliphatic rings. The Morgan fingerprint density at radius 3 is 2.26 bits per heavy atom. The Bertz CT molecular complexity index is 706. The molecule has 2 aliphatic heterocycles. The van der Waals surface area contributed by atoms with Crippen LogP contribution in [0.3, 0.4) is 0 Å². The van der Waals surface area contributed by atoms with E-state index in [1.807, 2.05) is 32.0 Å². The Hall–Kier alpha value is -2.41. The minimum atomic E-state index is -0.0326. The maximum atomic E-state index is 12.4. The largest absolute Gasteiger partial charge is 0.339 e. The lowest BCUT2D eigenvalue weighted by Gasteiger charge is -2.35. The Labute approximate surface area is 160 Å². The van der Waals surface area contributed by atoms with Crippen molar-refractivity contribution in [2.75, 3.05) is 51.1 Å². The Morgan fingerprint density at radius 1 is 1.00 bits per heavy atom. The van der Waals surface area contributed by atoms with Gasteiger partial charge in [0.1, 0.15) is 0 Å². The van der Waals surface area contributed by atoms with E-state index < -0.39 is 0 Å². The SMILES string of the molecule is Cc1cccc(C)c1NC(=O)CN1CCN(C(=O)CN2CCCC2=O)CC1. The number of nitrogens with zero attached hydrogens (tertiary/aromatic N) is 3. The average Bonchev–Trinajstić information content (AvgIpc) is 3.03. The van der Waals surface area contributed by atoms with Crippen LogP contribution in [0.15, 0.2) is 18.2 Å². The summed E-state index contributed by atoms with van der Waals surface area (Å²) < 4.78 is 0. The van der Waals surface area contributed by atoms with E-state index in [1.165, 1.54) is 0 Å². The van der Waals surface area contributed by atoms with E-state index in [1.54, 1.807) is 9.80 Å². The predicted octanol–water partition coefficient (Wildman–Crippen LogP) is 1.01. The van der Waals surface area contributed by atoms with Crippen molar-refractivity contribution in [3.05, 3.63) is 29.3 Å². The van der Waals surface area contributed by atoms with Gasteiger partial charge in [0.05, 0.1) is 13.1 Å². The van der Waals surface area contributed by atoms with E-state index in [-0.39, 0.29) is 24.3 Å². The van der Waals surface area contributed by atoms with Crippen molar-refractivity contribution in [3.8, 4) is 0 Å². The number of benzene rings is 1. The van der Waals surface area contributed by atoms with Crippen LogP contribution in [0.5, 0.6) is 0 Å². The summed E-state index contributed by atoms with van der Waals surface area (Å²) in [5, 5.41) is 3.01. The van der Waals surface area contributed by atoms with E-state index >= 15 is 0 Å². The first-order chi connectivity index (χ1) is 12.9. The summed E-state index contributed by atoms with van der Waals surface area (Å²) in [4.78, 5) is 41.9. The molecule has 3 rings (SSSR count). The molecule has 7 heteroatoms. The molecule has 0 bridgehead atoms. The number of aryl methyl sites for hydroxylation is 2. The molecule has 0 radical (unpaired) electrons. The summed E-state index contributed by atoms with van der Waals surface area (Å²) in [6.45, 7) is 7.68. The summed E-state index contributed by atoms with van der Waals surface area (Å²) in [6, 6.07) is 5.95. The van der Waals surface area contributed by atoms with Crippen LogP contribution in [0.2, 0.25) is 0 Å². The van der Waals surface area contributed by atoms with Gasteiger partial charge in [-0.2, -0.15) is 0 Å². The molecule has 3 amide bonds. The molecular weight excluding hydrogens is 344 g/mol. The van der Waals surface area contributed by atoms with Crippen LogP contribution in [0.4, 0.5) is 5.69 Å². The normalized spacial score (nSPS) is 18.1. The van der Waals surface area contributed by atoms with E-state index in [4.69, 9.17) is 0 Å². The number of hydrogen-bond donors (Lipinski definition) is 1. The van der Waals surface area contributed by atoms with Gasteiger partial charge in [-0.1, -0.05) is 18.2 Å². The van der Waals surface area contributed by atoms with Crippen LogP contribution in [0.1, 0.15) is 24.0 Å². The summed E-state index contributed by atoms with van der Waals surface area (Å²) >= 11 is 0. The summed E-state index contributed by atoms with van der Waals surface area (Å²) in [5.74, 6) is 0.0462. The molecule has 7 nitrogen and oxygen atoms in total. The molecule has 0 aliphatic carbocycles. The van der Waals surface area contributed by atoms with Crippen molar-refractivity contribution in [2.45, 2.75) is 26.7 Å². The molecule has 2 fully saturated rings. The van der Waals surface area contributed by atoms with Crippen molar-refractivity contribution in [3.63, 3.8) is 0 Å². The molecular formula is C20H28N4O3. The standard InChI is InChI=1S/C20H28N4O3/c1-15-5-3-6-16(2)20(15)21-17(25)13-22-9-11-23(12-10-22)19(27)14-24-8-4-7-18(24)26/h3,5-6H,4,7-14H2,1-2H3,(H,21,25). The second-order valence-electron chi connectivity index (χ2n) is 7.39. The second kappa shape index (κ2) is 8.52. The lowest BCUT2D eigenvalue weighted by Crippen LogP contribution is -2.52. The first kappa shape index (κ1) is 19.4. The van der Waals surface area contributed by atoms with Gasteiger partial charge in [-0.05, 0) is 31.4 Å². The van der Waals surface area contributed by atoms with Gasteiger partial charge < -0.3 is 15.1 Å². The molecule has 0 spiro atoms. The Morgan fingerprint density at radius 2 is 1.67 bits per heavy atom. The molecule has 1 aromatic rings. The quantitative estimate of drug-likeness (QED) is 0.837. The molecule has 0 saturated carbocycles. The first-order valence-electron chi connectivity index (χ1n) is 9.58. The maximum absolute atomic E-state index is 12.4. The Balaban J connectivity index is 1.44. The smallest absolute Gasteiger partial charge is 0.242 e. The van der Waals surface area contributed by atoms with Crippen molar-refractivity contribution in [2.24, 2.45) is 0 Å². The van der Waals surface area contributed by atoms with Gasteiger partial charge in [0, 0.05) is 44.8 Å². The second-order valence-corrected chi connectivity index (χ2v) is 7.39. The highest BCUT2D eigenvalue weighted by Crippen LogP contribution is 2.19. The molecule has 2 saturated heterocycles. The molecule has 27 heavy (non-hydrogen) atoms. The Kier molecular flexibility index (Phi) is 6.11. The van der Waals surface area contributed by atoms with Crippen LogP contribution < -0.4 is 5.32 Å². The summed E-state index contributed by atoms with van der Waals surface area (Å²) in [7, 11) is 0. The van der Waals surface area contributed by atoms with Crippen molar-refractivity contribution >= 4 is 23.4 Å². The van der Waals surface area contributed by atoms with Gasteiger partial charge in [-0.3, -0.25) is 19.3 Å². The molecule has 0 aromatic heterocycles. The third-order valence-electron chi connectivity index (χ3n) is 5.34. The number of piperazine rings is 1. The minimum Gasteiger partial charge on any atom is -0.339 e. The van der Waals surface area contributed by atoms with Crippen molar-refractivity contribution < 1.29 is 14.4 Å². The molecule has 1 aromatic carbocycles. The first-order valence-corrected chi connectivity index (χ1v) is 9.58. The number of carbonyl (C=O) groups is 3. The van der Waals surface area contributed by atoms with Gasteiger partial charge in [-0.25, -0.2) is 0 Å². The zero-order chi connectivity index (χ0) is 19.4. The fraction of sp³-hybridized carbons (Fsp3) is 0.550. The number of para-hydroxylation sites is 1. The summed E-state index contributed by atoms with van der Waals surface area (Å²) in [5.41, 5.74) is 2.98. The van der Waals surface area contributed by atoms with Crippen LogP contribution >= 0.6 is 0 Å². The zero-order valence-electron chi connectivity index (χ0n) is 16.2. The molecule has 1 N–H and O–H groups in total. The predicted molar refractivity (Wildman–Crippen MR) is 103 cm³/mol. The number of carbonyl (C=O) groups excluding carboxylic acids is 3. The number of amides is 3. The van der Waals surface area contributed by atoms with Gasteiger partial charge in [0.2, 0.25) is 17.7 Å². The minimum absolute atomic E-state index is 0.00452.